The van der Waals surface area contributed by atoms with Crippen molar-refractivity contribution in [3.05, 3.63) is 24.0 Å². The highest BCUT2D eigenvalue weighted by Gasteiger charge is 2.28. The zero-order valence-corrected chi connectivity index (χ0v) is 8.39. The van der Waals surface area contributed by atoms with Crippen LogP contribution < -0.4 is 11.1 Å². The molecule has 0 aromatic carbocycles. The summed E-state index contributed by atoms with van der Waals surface area (Å²) >= 11 is 0. The Balaban J connectivity index is 1.82. The Morgan fingerprint density at radius 3 is 3.00 bits per heavy atom. The lowest BCUT2D eigenvalue weighted by molar-refractivity contribution is 0.0949. The van der Waals surface area contributed by atoms with Crippen molar-refractivity contribution in [1.29, 1.82) is 0 Å². The standard InChI is InChI=1S/C10H14N4O/c11-9(7-1-2-7)6-12-10(15)8-3-4-13-14-5-8/h3-5,7,9H,1-2,6,11H2,(H,12,15). The molecule has 1 amide bonds. The van der Waals surface area contributed by atoms with Crippen LogP contribution in [0.5, 0.6) is 0 Å². The van der Waals surface area contributed by atoms with Gasteiger partial charge in [0.25, 0.3) is 5.91 Å². The molecule has 1 saturated carbocycles. The summed E-state index contributed by atoms with van der Waals surface area (Å²) in [6, 6.07) is 1.72. The van der Waals surface area contributed by atoms with E-state index in [2.05, 4.69) is 15.5 Å². The molecule has 3 N–H and O–H groups in total. The van der Waals surface area contributed by atoms with Gasteiger partial charge >= 0.3 is 0 Å². The van der Waals surface area contributed by atoms with Gasteiger partial charge in [-0.1, -0.05) is 0 Å². The van der Waals surface area contributed by atoms with Gasteiger partial charge in [0, 0.05) is 12.6 Å². The van der Waals surface area contributed by atoms with E-state index in [0.717, 1.165) is 0 Å². The van der Waals surface area contributed by atoms with E-state index in [4.69, 9.17) is 5.73 Å². The van der Waals surface area contributed by atoms with Crippen LogP contribution in [0.2, 0.25) is 0 Å². The van der Waals surface area contributed by atoms with Crippen molar-refractivity contribution >= 4 is 5.91 Å². The van der Waals surface area contributed by atoms with Crippen LogP contribution in [0.25, 0.3) is 0 Å². The molecule has 0 spiro atoms. The Labute approximate surface area is 88.1 Å². The average molecular weight is 206 g/mol. The summed E-state index contributed by atoms with van der Waals surface area (Å²) in [5.74, 6) is 0.460. The second-order valence-corrected chi connectivity index (χ2v) is 3.84. The molecule has 1 atom stereocenters. The van der Waals surface area contributed by atoms with Crippen LogP contribution in [-0.2, 0) is 0 Å². The third-order valence-corrected chi connectivity index (χ3v) is 2.57. The van der Waals surface area contributed by atoms with E-state index >= 15 is 0 Å². The predicted octanol–water partition coefficient (Wildman–Crippen LogP) is -0.0563. The normalized spacial score (nSPS) is 17.1. The third kappa shape index (κ3) is 2.73. The topological polar surface area (TPSA) is 80.9 Å². The predicted molar refractivity (Wildman–Crippen MR) is 55.1 cm³/mol. The Kier molecular flexibility index (Phi) is 2.91. The van der Waals surface area contributed by atoms with Gasteiger partial charge in [-0.3, -0.25) is 4.79 Å². The number of rotatable bonds is 4. The fraction of sp³-hybridized carbons (Fsp3) is 0.500. The molecule has 5 heteroatoms. The van der Waals surface area contributed by atoms with Crippen molar-refractivity contribution in [3.63, 3.8) is 0 Å². The molecule has 15 heavy (non-hydrogen) atoms. The van der Waals surface area contributed by atoms with Gasteiger partial charge < -0.3 is 11.1 Å². The second kappa shape index (κ2) is 4.35. The minimum absolute atomic E-state index is 0.0868. The Bertz CT molecular complexity index is 337. The Morgan fingerprint density at radius 2 is 2.40 bits per heavy atom. The van der Waals surface area contributed by atoms with Crippen LogP contribution in [0.1, 0.15) is 23.2 Å². The van der Waals surface area contributed by atoms with E-state index in [0.29, 0.717) is 18.0 Å². The first-order valence-electron chi connectivity index (χ1n) is 5.08. The van der Waals surface area contributed by atoms with Crippen molar-refractivity contribution in [2.75, 3.05) is 6.54 Å². The molecule has 0 saturated heterocycles. The maximum Gasteiger partial charge on any atom is 0.253 e. The van der Waals surface area contributed by atoms with Crippen LogP contribution in [0.15, 0.2) is 18.5 Å². The van der Waals surface area contributed by atoms with Crippen molar-refractivity contribution in [1.82, 2.24) is 15.5 Å². The summed E-state index contributed by atoms with van der Waals surface area (Å²) in [6.45, 7) is 0.534. The maximum absolute atomic E-state index is 11.6. The average Bonchev–Trinajstić information content (AvgIpc) is 3.10. The first kappa shape index (κ1) is 10.0. The van der Waals surface area contributed by atoms with Crippen molar-refractivity contribution in [2.45, 2.75) is 18.9 Å². The van der Waals surface area contributed by atoms with Gasteiger partial charge in [-0.15, -0.1) is 0 Å². The summed E-state index contributed by atoms with van der Waals surface area (Å²) < 4.78 is 0. The van der Waals surface area contributed by atoms with Crippen LogP contribution in [0, 0.1) is 5.92 Å². The van der Waals surface area contributed by atoms with Gasteiger partial charge in [-0.25, -0.2) is 0 Å². The first-order chi connectivity index (χ1) is 7.27. The molecular weight excluding hydrogens is 192 g/mol. The molecule has 1 aromatic heterocycles. The largest absolute Gasteiger partial charge is 0.350 e. The number of nitrogens with two attached hydrogens (primary N) is 1. The zero-order chi connectivity index (χ0) is 10.7. The lowest BCUT2D eigenvalue weighted by Gasteiger charge is -2.10. The fourth-order valence-electron chi connectivity index (χ4n) is 1.43. The SMILES string of the molecule is NC(CNC(=O)c1ccnnc1)C1CC1. The van der Waals surface area contributed by atoms with Crippen LogP contribution >= 0.6 is 0 Å². The molecular formula is C10H14N4O. The molecule has 5 nitrogen and oxygen atoms in total. The smallest absolute Gasteiger partial charge is 0.253 e. The summed E-state index contributed by atoms with van der Waals surface area (Å²) in [6.07, 6.45) is 5.31. The van der Waals surface area contributed by atoms with E-state index in [-0.39, 0.29) is 11.9 Å². The monoisotopic (exact) mass is 206 g/mol. The molecule has 1 heterocycles. The highest BCUT2D eigenvalue weighted by atomic mass is 16.1. The zero-order valence-electron chi connectivity index (χ0n) is 8.39. The number of carbonyl (C=O) groups excluding carboxylic acids is 1. The molecule has 1 unspecified atom stereocenters. The van der Waals surface area contributed by atoms with E-state index in [1.807, 2.05) is 0 Å². The van der Waals surface area contributed by atoms with E-state index in [1.165, 1.54) is 25.2 Å². The third-order valence-electron chi connectivity index (χ3n) is 2.57. The lowest BCUT2D eigenvalue weighted by Crippen LogP contribution is -2.38. The summed E-state index contributed by atoms with van der Waals surface area (Å²) in [5, 5.41) is 10.0. The molecule has 1 aliphatic rings. The number of nitrogens with zero attached hydrogens (tertiary/aromatic N) is 2. The number of carbonyl (C=O) groups is 1. The number of amides is 1. The quantitative estimate of drug-likeness (QED) is 0.723. The van der Waals surface area contributed by atoms with Crippen molar-refractivity contribution in [3.8, 4) is 0 Å². The van der Waals surface area contributed by atoms with Gasteiger partial charge in [-0.2, -0.15) is 10.2 Å². The molecule has 0 aliphatic heterocycles. The highest BCUT2D eigenvalue weighted by Crippen LogP contribution is 2.31. The molecule has 1 aliphatic carbocycles. The van der Waals surface area contributed by atoms with Crippen LogP contribution in [0.4, 0.5) is 0 Å². The fourth-order valence-corrected chi connectivity index (χ4v) is 1.43. The number of aromatic nitrogens is 2. The number of hydrogen-bond acceptors (Lipinski definition) is 4. The molecule has 2 rings (SSSR count). The molecule has 1 aromatic rings. The van der Waals surface area contributed by atoms with E-state index < -0.39 is 0 Å². The minimum atomic E-state index is -0.138. The van der Waals surface area contributed by atoms with Gasteiger partial charge in [0.2, 0.25) is 0 Å². The second-order valence-electron chi connectivity index (χ2n) is 3.84. The van der Waals surface area contributed by atoms with Gasteiger partial charge in [0.15, 0.2) is 0 Å². The highest BCUT2D eigenvalue weighted by molar-refractivity contribution is 5.93. The van der Waals surface area contributed by atoms with Gasteiger partial charge in [0.05, 0.1) is 18.0 Å². The Morgan fingerprint density at radius 1 is 1.60 bits per heavy atom. The summed E-state index contributed by atoms with van der Waals surface area (Å²) in [4.78, 5) is 11.6. The van der Waals surface area contributed by atoms with Crippen molar-refractivity contribution < 1.29 is 4.79 Å². The maximum atomic E-state index is 11.6. The van der Waals surface area contributed by atoms with E-state index in [1.54, 1.807) is 6.07 Å². The molecule has 0 radical (unpaired) electrons. The molecule has 0 bridgehead atoms. The Hall–Kier alpha value is -1.49. The summed E-state index contributed by atoms with van der Waals surface area (Å²) in [5.41, 5.74) is 6.38. The van der Waals surface area contributed by atoms with Gasteiger partial charge in [0.1, 0.15) is 0 Å². The molecule has 80 valence electrons. The van der Waals surface area contributed by atoms with E-state index in [9.17, 15) is 4.79 Å². The molecule has 1 fully saturated rings. The lowest BCUT2D eigenvalue weighted by atomic mass is 10.2. The van der Waals surface area contributed by atoms with Crippen LogP contribution in [0.3, 0.4) is 0 Å². The minimum Gasteiger partial charge on any atom is -0.350 e. The number of nitrogens with one attached hydrogen (secondary N) is 1. The number of hydrogen-bond donors (Lipinski definition) is 2. The van der Waals surface area contributed by atoms with Gasteiger partial charge in [-0.05, 0) is 24.8 Å². The van der Waals surface area contributed by atoms with Crippen LogP contribution in [-0.4, -0.2) is 28.7 Å². The first-order valence-corrected chi connectivity index (χ1v) is 5.08. The van der Waals surface area contributed by atoms with Crippen molar-refractivity contribution in [2.24, 2.45) is 11.7 Å². The summed E-state index contributed by atoms with van der Waals surface area (Å²) in [7, 11) is 0.